The third-order valence-corrected chi connectivity index (χ3v) is 6.86. The van der Waals surface area contributed by atoms with Crippen LogP contribution in [0, 0.1) is 23.2 Å². The van der Waals surface area contributed by atoms with E-state index in [4.69, 9.17) is 9.47 Å². The highest BCUT2D eigenvalue weighted by Crippen LogP contribution is 2.59. The van der Waals surface area contributed by atoms with E-state index in [-0.39, 0.29) is 16.7 Å². The largest absolute Gasteiger partial charge is 0.438 e. The van der Waals surface area contributed by atoms with Crippen molar-refractivity contribution >= 4 is 28.6 Å². The van der Waals surface area contributed by atoms with Crippen molar-refractivity contribution in [2.24, 2.45) is 23.2 Å². The van der Waals surface area contributed by atoms with Crippen LogP contribution in [0.5, 0.6) is 0 Å². The lowest BCUT2D eigenvalue weighted by Gasteiger charge is -2.56. The molecule has 1 atom stereocenters. The smallest absolute Gasteiger partial charge is 0.320 e. The number of halogens is 1. The summed E-state index contributed by atoms with van der Waals surface area (Å²) in [6.07, 6.45) is 9.22. The molecule has 0 aliphatic heterocycles. The van der Waals surface area contributed by atoms with E-state index in [1.807, 2.05) is 6.92 Å². The van der Waals surface area contributed by atoms with Crippen LogP contribution in [-0.2, 0) is 14.3 Å². The van der Waals surface area contributed by atoms with Gasteiger partial charge in [0.15, 0.2) is 6.79 Å². The Hall–Kier alpha value is 0.160. The van der Waals surface area contributed by atoms with Gasteiger partial charge in [0.2, 0.25) is 0 Å². The zero-order valence-electron chi connectivity index (χ0n) is 12.3. The van der Waals surface area contributed by atoms with Crippen LogP contribution >= 0.6 is 22.6 Å². The molecular weight excluding hydrogens is 367 g/mol. The normalized spacial score (nSPS) is 39.8. The standard InChI is InChI=1S/C16H25IO3/c1-2-14(17)15(18)20-10-19-9-16-6-11-3-12(7-16)5-13(4-11)8-16/h11-14H,2-10H2,1H3. The molecule has 0 heterocycles. The van der Waals surface area contributed by atoms with Crippen LogP contribution in [0.15, 0.2) is 0 Å². The van der Waals surface area contributed by atoms with Gasteiger partial charge in [-0.25, -0.2) is 0 Å². The van der Waals surface area contributed by atoms with Crippen molar-refractivity contribution in [3.05, 3.63) is 0 Å². The van der Waals surface area contributed by atoms with Crippen LogP contribution in [0.3, 0.4) is 0 Å². The van der Waals surface area contributed by atoms with Gasteiger partial charge >= 0.3 is 5.97 Å². The third-order valence-electron chi connectivity index (χ3n) is 5.47. The molecular formula is C16H25IO3. The minimum absolute atomic E-state index is 0.0456. The quantitative estimate of drug-likeness (QED) is 0.226. The highest BCUT2D eigenvalue weighted by Gasteiger charge is 2.50. The average molecular weight is 392 g/mol. The van der Waals surface area contributed by atoms with Gasteiger partial charge in [0.05, 0.1) is 6.61 Å². The maximum absolute atomic E-state index is 11.6. The van der Waals surface area contributed by atoms with E-state index >= 15 is 0 Å². The predicted octanol–water partition coefficient (Wildman–Crippen LogP) is 3.93. The van der Waals surface area contributed by atoms with E-state index in [0.29, 0.717) is 5.41 Å². The fourth-order valence-corrected chi connectivity index (χ4v) is 5.26. The van der Waals surface area contributed by atoms with Crippen molar-refractivity contribution in [1.82, 2.24) is 0 Å². The number of alkyl halides is 1. The Balaban J connectivity index is 1.44. The summed E-state index contributed by atoms with van der Waals surface area (Å²) in [7, 11) is 0. The van der Waals surface area contributed by atoms with Crippen molar-refractivity contribution in [2.45, 2.75) is 55.8 Å². The van der Waals surface area contributed by atoms with Crippen molar-refractivity contribution in [3.8, 4) is 0 Å². The summed E-state index contributed by atoms with van der Waals surface area (Å²) in [5.41, 5.74) is 0.412. The average Bonchev–Trinajstić information content (AvgIpc) is 2.41. The summed E-state index contributed by atoms with van der Waals surface area (Å²) in [5, 5.41) is 0. The predicted molar refractivity (Wildman–Crippen MR) is 85.6 cm³/mol. The van der Waals surface area contributed by atoms with Gasteiger partial charge in [0.25, 0.3) is 0 Å². The lowest BCUT2D eigenvalue weighted by atomic mass is 9.50. The fraction of sp³-hybridized carbons (Fsp3) is 0.938. The molecule has 0 spiro atoms. The molecule has 4 rings (SSSR count). The molecule has 0 aromatic carbocycles. The molecule has 4 aliphatic carbocycles. The van der Waals surface area contributed by atoms with Gasteiger partial charge in [-0.1, -0.05) is 29.5 Å². The molecule has 0 aromatic heterocycles. The van der Waals surface area contributed by atoms with Gasteiger partial charge in [-0.3, -0.25) is 4.79 Å². The second-order valence-corrected chi connectivity index (χ2v) is 8.73. The van der Waals surface area contributed by atoms with Gasteiger partial charge in [-0.2, -0.15) is 0 Å². The summed E-state index contributed by atoms with van der Waals surface area (Å²) in [6.45, 7) is 2.93. The molecule has 4 aliphatic rings. The Morgan fingerprint density at radius 2 is 1.75 bits per heavy atom. The molecule has 0 aromatic rings. The van der Waals surface area contributed by atoms with Crippen LogP contribution < -0.4 is 0 Å². The maximum Gasteiger partial charge on any atom is 0.320 e. The number of esters is 1. The molecule has 4 bridgehead atoms. The zero-order valence-corrected chi connectivity index (χ0v) is 14.4. The molecule has 0 saturated heterocycles. The summed E-state index contributed by atoms with van der Waals surface area (Å²) in [6, 6.07) is 0. The van der Waals surface area contributed by atoms with E-state index < -0.39 is 0 Å². The minimum Gasteiger partial charge on any atom is -0.438 e. The fourth-order valence-electron chi connectivity index (χ4n) is 5.08. The van der Waals surface area contributed by atoms with Crippen molar-refractivity contribution in [3.63, 3.8) is 0 Å². The molecule has 4 saturated carbocycles. The molecule has 4 fully saturated rings. The van der Waals surface area contributed by atoms with Crippen LogP contribution in [-0.4, -0.2) is 23.3 Å². The highest BCUT2D eigenvalue weighted by atomic mass is 127. The first kappa shape index (κ1) is 15.1. The zero-order chi connectivity index (χ0) is 14.2. The van der Waals surface area contributed by atoms with Crippen molar-refractivity contribution < 1.29 is 14.3 Å². The number of hydrogen-bond acceptors (Lipinski definition) is 3. The maximum atomic E-state index is 11.6. The van der Waals surface area contributed by atoms with Crippen LogP contribution in [0.25, 0.3) is 0 Å². The van der Waals surface area contributed by atoms with Crippen molar-refractivity contribution in [2.75, 3.05) is 13.4 Å². The Morgan fingerprint density at radius 1 is 1.20 bits per heavy atom. The molecule has 0 radical (unpaired) electrons. The minimum atomic E-state index is -0.140. The third kappa shape index (κ3) is 3.16. The van der Waals surface area contributed by atoms with E-state index in [1.165, 1.54) is 38.5 Å². The van der Waals surface area contributed by atoms with Gasteiger partial charge in [0.1, 0.15) is 3.92 Å². The Bertz CT molecular complexity index is 333. The first-order chi connectivity index (χ1) is 9.60. The first-order valence-electron chi connectivity index (χ1n) is 7.98. The van der Waals surface area contributed by atoms with Gasteiger partial charge < -0.3 is 9.47 Å². The van der Waals surface area contributed by atoms with E-state index in [0.717, 1.165) is 30.8 Å². The van der Waals surface area contributed by atoms with Gasteiger partial charge in [-0.05, 0) is 68.1 Å². The molecule has 114 valence electrons. The monoisotopic (exact) mass is 392 g/mol. The highest BCUT2D eigenvalue weighted by molar-refractivity contribution is 14.1. The van der Waals surface area contributed by atoms with Gasteiger partial charge in [0, 0.05) is 0 Å². The van der Waals surface area contributed by atoms with Crippen LogP contribution in [0.4, 0.5) is 0 Å². The first-order valence-corrected chi connectivity index (χ1v) is 9.23. The number of carbonyl (C=O) groups is 1. The summed E-state index contributed by atoms with van der Waals surface area (Å²) in [5.74, 6) is 2.71. The number of hydrogen-bond donors (Lipinski definition) is 0. The lowest BCUT2D eigenvalue weighted by Crippen LogP contribution is -2.48. The molecule has 0 N–H and O–H groups in total. The van der Waals surface area contributed by atoms with E-state index in [1.54, 1.807) is 0 Å². The lowest BCUT2D eigenvalue weighted by molar-refractivity contribution is -0.165. The van der Waals surface area contributed by atoms with E-state index in [9.17, 15) is 4.79 Å². The molecule has 3 nitrogen and oxygen atoms in total. The second-order valence-electron chi connectivity index (χ2n) is 7.22. The van der Waals surface area contributed by atoms with Crippen molar-refractivity contribution in [1.29, 1.82) is 0 Å². The number of rotatable bonds is 6. The molecule has 20 heavy (non-hydrogen) atoms. The van der Waals surface area contributed by atoms with E-state index in [2.05, 4.69) is 22.6 Å². The van der Waals surface area contributed by atoms with Crippen LogP contribution in [0.1, 0.15) is 51.9 Å². The summed E-state index contributed by atoms with van der Waals surface area (Å²) in [4.78, 5) is 11.6. The Labute approximate surface area is 135 Å². The summed E-state index contributed by atoms with van der Waals surface area (Å²) >= 11 is 2.13. The second kappa shape index (κ2) is 6.11. The topological polar surface area (TPSA) is 35.5 Å². The van der Waals surface area contributed by atoms with Crippen LogP contribution in [0.2, 0.25) is 0 Å². The molecule has 1 unspecified atom stereocenters. The molecule has 0 amide bonds. The summed E-state index contributed by atoms with van der Waals surface area (Å²) < 4.78 is 10.9. The Morgan fingerprint density at radius 3 is 2.25 bits per heavy atom. The molecule has 4 heteroatoms. The van der Waals surface area contributed by atoms with Gasteiger partial charge in [-0.15, -0.1) is 0 Å². The Kier molecular flexibility index (Phi) is 4.60. The SMILES string of the molecule is CCC(I)C(=O)OCOCC12CC3CC(CC(C3)C1)C2. The number of ether oxygens (including phenoxy) is 2. The number of carbonyl (C=O) groups excluding carboxylic acids is 1.